The predicted octanol–water partition coefficient (Wildman–Crippen LogP) is 0.751. The van der Waals surface area contributed by atoms with Crippen molar-refractivity contribution in [3.05, 3.63) is 0 Å². The molecule has 1 aliphatic heterocycles. The van der Waals surface area contributed by atoms with Crippen LogP contribution in [0.3, 0.4) is 0 Å². The van der Waals surface area contributed by atoms with Gasteiger partial charge in [0.15, 0.2) is 0 Å². The maximum atomic E-state index is 11.8. The number of hydrogen-bond donors (Lipinski definition) is 0. The van der Waals surface area contributed by atoms with E-state index in [4.69, 9.17) is 5.26 Å². The lowest BCUT2D eigenvalue weighted by Crippen LogP contribution is -2.60. The SMILES string of the molecule is N#CC[N+]1(OC(=O)C(F)(F)F)CCC1. The summed E-state index contributed by atoms with van der Waals surface area (Å²) >= 11 is 0. The lowest BCUT2D eigenvalue weighted by atomic mass is 10.2. The van der Waals surface area contributed by atoms with Gasteiger partial charge in [-0.15, -0.1) is 4.65 Å². The van der Waals surface area contributed by atoms with E-state index in [0.717, 1.165) is 0 Å². The first-order valence-corrected chi connectivity index (χ1v) is 3.93. The van der Waals surface area contributed by atoms with Crippen LogP contribution in [0.25, 0.3) is 0 Å². The Morgan fingerprint density at radius 1 is 1.50 bits per heavy atom. The predicted molar refractivity (Wildman–Crippen MR) is 37.2 cm³/mol. The van der Waals surface area contributed by atoms with Gasteiger partial charge in [0.1, 0.15) is 19.2 Å². The second-order valence-corrected chi connectivity index (χ2v) is 3.05. The van der Waals surface area contributed by atoms with Gasteiger partial charge in [-0.2, -0.15) is 18.4 Å². The first-order chi connectivity index (χ1) is 6.40. The molecule has 0 N–H and O–H groups in total. The third-order valence-electron chi connectivity index (χ3n) is 2.00. The molecule has 0 aromatic rings. The maximum absolute atomic E-state index is 11.8. The van der Waals surface area contributed by atoms with Crippen LogP contribution in [-0.4, -0.2) is 36.4 Å². The summed E-state index contributed by atoms with van der Waals surface area (Å²) in [4.78, 5) is 14.7. The van der Waals surface area contributed by atoms with Crippen LogP contribution in [0.5, 0.6) is 0 Å². The minimum Gasteiger partial charge on any atom is -0.265 e. The first-order valence-electron chi connectivity index (χ1n) is 3.93. The zero-order valence-corrected chi connectivity index (χ0v) is 7.17. The summed E-state index contributed by atoms with van der Waals surface area (Å²) in [5.74, 6) is -2.23. The highest BCUT2D eigenvalue weighted by Gasteiger charge is 2.50. The lowest BCUT2D eigenvalue weighted by Gasteiger charge is -2.38. The second kappa shape index (κ2) is 3.46. The summed E-state index contributed by atoms with van der Waals surface area (Å²) in [6.07, 6.45) is -4.33. The summed E-state index contributed by atoms with van der Waals surface area (Å²) in [6.45, 7) is 0.312. The van der Waals surface area contributed by atoms with E-state index in [-0.39, 0.29) is 19.6 Å². The fraction of sp³-hybridized carbons (Fsp3) is 0.714. The highest BCUT2D eigenvalue weighted by atomic mass is 19.4. The van der Waals surface area contributed by atoms with Crippen molar-refractivity contribution in [2.24, 2.45) is 0 Å². The molecule has 0 bridgehead atoms. The number of rotatable bonds is 2. The third-order valence-corrected chi connectivity index (χ3v) is 2.00. The van der Waals surface area contributed by atoms with Gasteiger partial charge in [0.05, 0.1) is 6.42 Å². The molecule has 0 aromatic heterocycles. The van der Waals surface area contributed by atoms with Gasteiger partial charge in [0, 0.05) is 0 Å². The number of nitriles is 1. The normalized spacial score (nSPS) is 19.3. The zero-order chi connectivity index (χ0) is 10.8. The van der Waals surface area contributed by atoms with E-state index in [1.807, 2.05) is 0 Å². The van der Waals surface area contributed by atoms with Crippen molar-refractivity contribution in [1.29, 1.82) is 5.26 Å². The molecule has 1 heterocycles. The number of carbonyl (C=O) groups excluding carboxylic acids is 1. The highest BCUT2D eigenvalue weighted by molar-refractivity contribution is 5.74. The molecule has 1 aliphatic rings. The van der Waals surface area contributed by atoms with Crippen molar-refractivity contribution >= 4 is 5.97 Å². The minimum atomic E-state index is -4.99. The molecule has 4 nitrogen and oxygen atoms in total. The van der Waals surface area contributed by atoms with Crippen LogP contribution < -0.4 is 0 Å². The second-order valence-electron chi connectivity index (χ2n) is 3.05. The molecule has 0 aliphatic carbocycles. The number of alkyl halides is 3. The molecule has 0 spiro atoms. The van der Waals surface area contributed by atoms with E-state index in [9.17, 15) is 18.0 Å². The Morgan fingerprint density at radius 2 is 2.07 bits per heavy atom. The highest BCUT2D eigenvalue weighted by Crippen LogP contribution is 2.25. The topological polar surface area (TPSA) is 50.1 Å². The maximum Gasteiger partial charge on any atom is 0.497 e. The third kappa shape index (κ3) is 2.14. The Labute approximate surface area is 78.0 Å². The van der Waals surface area contributed by atoms with Crippen molar-refractivity contribution in [2.75, 3.05) is 19.6 Å². The van der Waals surface area contributed by atoms with Crippen molar-refractivity contribution in [3.8, 4) is 6.07 Å². The summed E-state index contributed by atoms with van der Waals surface area (Å²) in [7, 11) is 0. The van der Waals surface area contributed by atoms with Gasteiger partial charge in [0.25, 0.3) is 0 Å². The summed E-state index contributed by atoms with van der Waals surface area (Å²) < 4.78 is 34.9. The number of hydrogen-bond acceptors (Lipinski definition) is 3. The smallest absolute Gasteiger partial charge is 0.265 e. The molecule has 1 saturated heterocycles. The monoisotopic (exact) mass is 209 g/mol. The quantitative estimate of drug-likeness (QED) is 0.498. The summed E-state index contributed by atoms with van der Waals surface area (Å²) in [5, 5.41) is 8.34. The largest absolute Gasteiger partial charge is 0.497 e. The van der Waals surface area contributed by atoms with E-state index >= 15 is 0 Å². The molecule has 1 fully saturated rings. The molecule has 0 radical (unpaired) electrons. The van der Waals surface area contributed by atoms with Gasteiger partial charge in [0.2, 0.25) is 6.54 Å². The van der Waals surface area contributed by atoms with Gasteiger partial charge >= 0.3 is 12.1 Å². The van der Waals surface area contributed by atoms with Gasteiger partial charge < -0.3 is 0 Å². The molecule has 0 unspecified atom stereocenters. The molecule has 7 heteroatoms. The molecular formula is C7H8F3N2O2+. The summed E-state index contributed by atoms with van der Waals surface area (Å²) in [6, 6.07) is 1.69. The molecule has 0 aromatic carbocycles. The van der Waals surface area contributed by atoms with E-state index < -0.39 is 16.8 Å². The molecule has 0 atom stereocenters. The van der Waals surface area contributed by atoms with Crippen LogP contribution in [0, 0.1) is 11.3 Å². The Kier molecular flexibility index (Phi) is 2.66. The van der Waals surface area contributed by atoms with Crippen LogP contribution >= 0.6 is 0 Å². The Balaban J connectivity index is 2.58. The van der Waals surface area contributed by atoms with Gasteiger partial charge in [-0.05, 0) is 0 Å². The van der Waals surface area contributed by atoms with Gasteiger partial charge in [-0.25, -0.2) is 4.79 Å². The number of quaternary nitrogens is 1. The van der Waals surface area contributed by atoms with Crippen molar-refractivity contribution in [1.82, 2.24) is 0 Å². The first kappa shape index (κ1) is 10.8. The van der Waals surface area contributed by atoms with Crippen LogP contribution in [0.4, 0.5) is 13.2 Å². The fourth-order valence-corrected chi connectivity index (χ4v) is 1.15. The average Bonchev–Trinajstić information content (AvgIpc) is 1.98. The van der Waals surface area contributed by atoms with E-state index in [2.05, 4.69) is 4.84 Å². The number of nitrogens with zero attached hydrogens (tertiary/aromatic N) is 2. The molecule has 78 valence electrons. The van der Waals surface area contributed by atoms with Crippen molar-refractivity contribution in [3.63, 3.8) is 0 Å². The number of halogens is 3. The lowest BCUT2D eigenvalue weighted by molar-refractivity contribution is -1.11. The summed E-state index contributed by atoms with van der Waals surface area (Å²) in [5.41, 5.74) is 0. The van der Waals surface area contributed by atoms with Gasteiger partial charge in [-0.1, -0.05) is 0 Å². The standard InChI is InChI=1S/C7H8F3N2O2/c8-7(9,10)6(13)14-12(5-2-11)3-1-4-12/h1,3-5H2/q+1. The average molecular weight is 209 g/mol. The van der Waals surface area contributed by atoms with Crippen LogP contribution in [-0.2, 0) is 9.63 Å². The number of carbonyl (C=O) groups is 1. The van der Waals surface area contributed by atoms with Crippen molar-refractivity contribution in [2.45, 2.75) is 12.6 Å². The number of hydroxylamine groups is 3. The molecular weight excluding hydrogens is 201 g/mol. The minimum absolute atomic E-state index is 0.234. The van der Waals surface area contributed by atoms with E-state index in [0.29, 0.717) is 6.42 Å². The Bertz CT molecular complexity index is 278. The van der Waals surface area contributed by atoms with E-state index in [1.165, 1.54) is 0 Å². The van der Waals surface area contributed by atoms with Crippen LogP contribution in [0.2, 0.25) is 0 Å². The number of likely N-dealkylation sites (tertiary alicyclic amines) is 1. The zero-order valence-electron chi connectivity index (χ0n) is 7.17. The molecule has 0 saturated carbocycles. The van der Waals surface area contributed by atoms with E-state index in [1.54, 1.807) is 6.07 Å². The van der Waals surface area contributed by atoms with Crippen LogP contribution in [0.1, 0.15) is 6.42 Å². The molecule has 1 rings (SSSR count). The Morgan fingerprint density at radius 3 is 2.36 bits per heavy atom. The van der Waals surface area contributed by atoms with Crippen molar-refractivity contribution < 1.29 is 27.4 Å². The molecule has 0 amide bonds. The fourth-order valence-electron chi connectivity index (χ4n) is 1.15. The molecule has 14 heavy (non-hydrogen) atoms. The Hall–Kier alpha value is -1.29. The van der Waals surface area contributed by atoms with Gasteiger partial charge in [-0.3, -0.25) is 4.84 Å². The van der Waals surface area contributed by atoms with Crippen LogP contribution in [0.15, 0.2) is 0 Å².